The number of quaternary nitrogens is 1. The summed E-state index contributed by atoms with van der Waals surface area (Å²) in [6.07, 6.45) is 3.61. The molecule has 0 atom stereocenters. The Balaban J connectivity index is 1.34. The zero-order valence-corrected chi connectivity index (χ0v) is 17.2. The van der Waals surface area contributed by atoms with Gasteiger partial charge in [-0.2, -0.15) is 0 Å². The predicted octanol–water partition coefficient (Wildman–Crippen LogP) is 2.12. The second kappa shape index (κ2) is 10.8. The summed E-state index contributed by atoms with van der Waals surface area (Å²) in [7, 11) is 0. The zero-order chi connectivity index (χ0) is 20.5. The van der Waals surface area contributed by atoms with Crippen molar-refractivity contribution in [1.29, 1.82) is 0 Å². The second-order valence-electron chi connectivity index (χ2n) is 7.89. The SMILES string of the molecule is CC1CC[NH+](CCCNC(=O)COc2ccc(C(=O)c3ccccc3)cc2)CC1. The normalized spacial score (nSPS) is 18.8. The van der Waals surface area contributed by atoms with E-state index in [1.54, 1.807) is 41.3 Å². The molecule has 29 heavy (non-hydrogen) atoms. The van der Waals surface area contributed by atoms with E-state index in [0.29, 0.717) is 23.4 Å². The summed E-state index contributed by atoms with van der Waals surface area (Å²) in [5.41, 5.74) is 1.25. The highest BCUT2D eigenvalue weighted by atomic mass is 16.5. The average molecular weight is 396 g/mol. The molecule has 1 amide bonds. The zero-order valence-electron chi connectivity index (χ0n) is 17.2. The number of ketones is 1. The number of carbonyl (C=O) groups is 2. The molecular formula is C24H31N2O3+. The monoisotopic (exact) mass is 395 g/mol. The first-order valence-electron chi connectivity index (χ1n) is 10.5. The van der Waals surface area contributed by atoms with Crippen molar-refractivity contribution in [3.63, 3.8) is 0 Å². The predicted molar refractivity (Wildman–Crippen MR) is 113 cm³/mol. The van der Waals surface area contributed by atoms with E-state index in [1.165, 1.54) is 25.9 Å². The number of rotatable bonds is 9. The number of hydrogen-bond acceptors (Lipinski definition) is 3. The molecule has 2 aromatic carbocycles. The van der Waals surface area contributed by atoms with Gasteiger partial charge in [-0.1, -0.05) is 37.3 Å². The van der Waals surface area contributed by atoms with E-state index in [1.807, 2.05) is 18.2 Å². The number of benzene rings is 2. The van der Waals surface area contributed by atoms with Gasteiger partial charge in [0.2, 0.25) is 0 Å². The standard InChI is InChI=1S/C24H30N2O3/c1-19-12-16-26(17-13-19)15-5-14-25-23(27)18-29-22-10-8-21(9-11-22)24(28)20-6-3-2-4-7-20/h2-4,6-11,19H,5,12-18H2,1H3,(H,25,27)/p+1. The fourth-order valence-electron chi connectivity index (χ4n) is 3.65. The van der Waals surface area contributed by atoms with Crippen LogP contribution in [0.2, 0.25) is 0 Å². The number of carbonyl (C=O) groups excluding carboxylic acids is 2. The van der Waals surface area contributed by atoms with Gasteiger partial charge in [-0.25, -0.2) is 0 Å². The Morgan fingerprint density at radius 3 is 2.34 bits per heavy atom. The van der Waals surface area contributed by atoms with Crippen LogP contribution < -0.4 is 15.0 Å². The quantitative estimate of drug-likeness (QED) is 0.505. The lowest BCUT2D eigenvalue weighted by Crippen LogP contribution is -3.13. The molecule has 5 nitrogen and oxygen atoms in total. The summed E-state index contributed by atoms with van der Waals surface area (Å²) in [5.74, 6) is 1.30. The number of nitrogens with one attached hydrogen (secondary N) is 2. The smallest absolute Gasteiger partial charge is 0.257 e. The van der Waals surface area contributed by atoms with E-state index in [0.717, 1.165) is 18.9 Å². The van der Waals surface area contributed by atoms with Crippen LogP contribution in [0.25, 0.3) is 0 Å². The number of amides is 1. The van der Waals surface area contributed by atoms with Crippen molar-refractivity contribution in [3.8, 4) is 5.75 Å². The molecule has 0 radical (unpaired) electrons. The molecule has 0 spiro atoms. The first-order valence-corrected chi connectivity index (χ1v) is 10.5. The van der Waals surface area contributed by atoms with Crippen LogP contribution in [0.15, 0.2) is 54.6 Å². The van der Waals surface area contributed by atoms with Crippen molar-refractivity contribution < 1.29 is 19.2 Å². The Hall–Kier alpha value is -2.66. The minimum atomic E-state index is -0.114. The lowest BCUT2D eigenvalue weighted by molar-refractivity contribution is -0.906. The molecule has 3 rings (SSSR count). The first-order chi connectivity index (χ1) is 14.1. The molecule has 5 heteroatoms. The lowest BCUT2D eigenvalue weighted by Gasteiger charge is -2.27. The molecule has 1 aliphatic heterocycles. The minimum absolute atomic E-state index is 0.0138. The van der Waals surface area contributed by atoms with Gasteiger partial charge in [0, 0.05) is 24.1 Å². The summed E-state index contributed by atoms with van der Waals surface area (Å²) in [5, 5.41) is 2.92. The van der Waals surface area contributed by atoms with E-state index in [4.69, 9.17) is 4.74 Å². The van der Waals surface area contributed by atoms with Crippen molar-refractivity contribution in [2.45, 2.75) is 26.2 Å². The fourth-order valence-corrected chi connectivity index (χ4v) is 3.65. The minimum Gasteiger partial charge on any atom is -0.484 e. The Bertz CT molecular complexity index is 782. The van der Waals surface area contributed by atoms with Crippen molar-refractivity contribution >= 4 is 11.7 Å². The molecule has 0 unspecified atom stereocenters. The van der Waals surface area contributed by atoms with E-state index in [9.17, 15) is 9.59 Å². The number of hydrogen-bond donors (Lipinski definition) is 2. The largest absolute Gasteiger partial charge is 0.484 e. The van der Waals surface area contributed by atoms with Crippen LogP contribution in [0.4, 0.5) is 0 Å². The summed E-state index contributed by atoms with van der Waals surface area (Å²) >= 11 is 0. The van der Waals surface area contributed by atoms with E-state index >= 15 is 0 Å². The molecule has 1 heterocycles. The van der Waals surface area contributed by atoms with Crippen LogP contribution in [-0.2, 0) is 4.79 Å². The lowest BCUT2D eigenvalue weighted by atomic mass is 9.99. The highest BCUT2D eigenvalue weighted by molar-refractivity contribution is 6.08. The summed E-state index contributed by atoms with van der Waals surface area (Å²) < 4.78 is 5.54. The van der Waals surface area contributed by atoms with Gasteiger partial charge >= 0.3 is 0 Å². The van der Waals surface area contributed by atoms with Gasteiger partial charge in [0.25, 0.3) is 5.91 Å². The molecule has 154 valence electrons. The number of ether oxygens (including phenoxy) is 1. The molecule has 2 aromatic rings. The maximum Gasteiger partial charge on any atom is 0.257 e. The number of likely N-dealkylation sites (tertiary alicyclic amines) is 1. The first kappa shape index (κ1) is 21.1. The van der Waals surface area contributed by atoms with Crippen molar-refractivity contribution in [2.24, 2.45) is 5.92 Å². The third-order valence-electron chi connectivity index (χ3n) is 5.53. The van der Waals surface area contributed by atoms with Crippen LogP contribution >= 0.6 is 0 Å². The summed E-state index contributed by atoms with van der Waals surface area (Å²) in [6.45, 7) is 6.62. The fraction of sp³-hybridized carbons (Fsp3) is 0.417. The van der Waals surface area contributed by atoms with Crippen molar-refractivity contribution in [1.82, 2.24) is 5.32 Å². The molecule has 0 aliphatic carbocycles. The van der Waals surface area contributed by atoms with Crippen LogP contribution in [0.1, 0.15) is 42.1 Å². The van der Waals surface area contributed by atoms with Gasteiger partial charge in [-0.15, -0.1) is 0 Å². The van der Waals surface area contributed by atoms with Gasteiger partial charge in [0.1, 0.15) is 5.75 Å². The number of piperidine rings is 1. The molecule has 1 aliphatic rings. The van der Waals surface area contributed by atoms with Gasteiger partial charge in [0.15, 0.2) is 12.4 Å². The summed E-state index contributed by atoms with van der Waals surface area (Å²) in [4.78, 5) is 26.0. The van der Waals surface area contributed by atoms with E-state index < -0.39 is 0 Å². The van der Waals surface area contributed by atoms with E-state index in [2.05, 4.69) is 12.2 Å². The van der Waals surface area contributed by atoms with Crippen molar-refractivity contribution in [2.75, 3.05) is 32.8 Å². The van der Waals surface area contributed by atoms with E-state index in [-0.39, 0.29) is 18.3 Å². The van der Waals surface area contributed by atoms with Crippen LogP contribution in [0.5, 0.6) is 5.75 Å². The van der Waals surface area contributed by atoms with Gasteiger partial charge < -0.3 is 15.0 Å². The maximum absolute atomic E-state index is 12.4. The summed E-state index contributed by atoms with van der Waals surface area (Å²) in [6, 6.07) is 16.1. The molecule has 1 saturated heterocycles. The topological polar surface area (TPSA) is 59.8 Å². The highest BCUT2D eigenvalue weighted by Crippen LogP contribution is 2.15. The van der Waals surface area contributed by atoms with Gasteiger partial charge in [-0.05, 0) is 43.0 Å². The van der Waals surface area contributed by atoms with Crippen molar-refractivity contribution in [3.05, 3.63) is 65.7 Å². The molecule has 1 fully saturated rings. The molecular weight excluding hydrogens is 364 g/mol. The van der Waals surface area contributed by atoms with Gasteiger partial charge in [0.05, 0.1) is 19.6 Å². The third-order valence-corrected chi connectivity index (χ3v) is 5.53. The van der Waals surface area contributed by atoms with Crippen LogP contribution in [0.3, 0.4) is 0 Å². The Morgan fingerprint density at radius 1 is 1.00 bits per heavy atom. The second-order valence-corrected chi connectivity index (χ2v) is 7.89. The molecule has 2 N–H and O–H groups in total. The average Bonchev–Trinajstić information content (AvgIpc) is 2.77. The Kier molecular flexibility index (Phi) is 7.82. The Labute approximate surface area is 173 Å². The Morgan fingerprint density at radius 2 is 1.66 bits per heavy atom. The van der Waals surface area contributed by atoms with Gasteiger partial charge in [-0.3, -0.25) is 9.59 Å². The highest BCUT2D eigenvalue weighted by Gasteiger charge is 2.18. The molecule has 0 aromatic heterocycles. The maximum atomic E-state index is 12.4. The molecule has 0 bridgehead atoms. The molecule has 0 saturated carbocycles. The third kappa shape index (κ3) is 6.71. The van der Waals surface area contributed by atoms with Crippen LogP contribution in [0, 0.1) is 5.92 Å². The van der Waals surface area contributed by atoms with Crippen LogP contribution in [-0.4, -0.2) is 44.5 Å².